The molecule has 0 saturated heterocycles. The van der Waals surface area contributed by atoms with Crippen LogP contribution in [-0.4, -0.2) is 14.4 Å². The Morgan fingerprint density at radius 3 is 2.44 bits per heavy atom. The Kier molecular flexibility index (Phi) is 5.00. The molecule has 0 rings (SSSR count). The van der Waals surface area contributed by atoms with Crippen LogP contribution < -0.4 is 0 Å². The van der Waals surface area contributed by atoms with Gasteiger partial charge in [-0.15, -0.1) is 4.33 Å². The van der Waals surface area contributed by atoms with Crippen molar-refractivity contribution in [3.05, 3.63) is 0 Å². The molecule has 0 radical (unpaired) electrons. The maximum absolute atomic E-state index is 10.0. The number of halogens is 2. The van der Waals surface area contributed by atoms with E-state index in [9.17, 15) is 8.42 Å². The fourth-order valence-electron chi connectivity index (χ4n) is 0.0953. The summed E-state index contributed by atoms with van der Waals surface area (Å²) in [7, 11) is 5.90. The van der Waals surface area contributed by atoms with Crippen molar-refractivity contribution >= 4 is 41.7 Å². The van der Waals surface area contributed by atoms with Gasteiger partial charge in [-0.2, -0.15) is 0 Å². The standard InChI is InChI=1S/CH2Cl2O4S2/c2-8-7-6-1-9(3,4)5/h1H2. The van der Waals surface area contributed by atoms with Gasteiger partial charge in [-0.25, -0.2) is 13.3 Å². The van der Waals surface area contributed by atoms with Crippen molar-refractivity contribution in [3.63, 3.8) is 0 Å². The highest BCUT2D eigenvalue weighted by Crippen LogP contribution is 2.08. The lowest BCUT2D eigenvalue weighted by atomic mass is 11.7. The summed E-state index contributed by atoms with van der Waals surface area (Å²) in [5, 5.41) is 0. The Labute approximate surface area is 65.5 Å². The van der Waals surface area contributed by atoms with E-state index in [0.29, 0.717) is 11.3 Å². The van der Waals surface area contributed by atoms with E-state index in [-0.39, 0.29) is 0 Å². The minimum Gasteiger partial charge on any atom is -0.210 e. The molecule has 0 aromatic rings. The molecule has 0 N–H and O–H groups in total. The van der Waals surface area contributed by atoms with E-state index in [4.69, 9.17) is 10.7 Å². The number of hydrogen-bond donors (Lipinski definition) is 0. The molecule has 0 amide bonds. The lowest BCUT2D eigenvalue weighted by Crippen LogP contribution is -1.99. The summed E-state index contributed by atoms with van der Waals surface area (Å²) in [5.41, 5.74) is 0. The largest absolute Gasteiger partial charge is 0.260 e. The molecule has 0 aromatic heterocycles. The van der Waals surface area contributed by atoms with Crippen LogP contribution in [-0.2, 0) is 18.3 Å². The van der Waals surface area contributed by atoms with Gasteiger partial charge in [0.25, 0.3) is 9.05 Å². The van der Waals surface area contributed by atoms with Crippen LogP contribution in [0.2, 0.25) is 0 Å². The van der Waals surface area contributed by atoms with E-state index in [1.807, 2.05) is 0 Å². The van der Waals surface area contributed by atoms with Crippen molar-refractivity contribution in [1.29, 1.82) is 0 Å². The molecule has 0 saturated carbocycles. The Balaban J connectivity index is 3.30. The third kappa shape index (κ3) is 8.80. The van der Waals surface area contributed by atoms with E-state index in [1.165, 1.54) is 0 Å². The topological polar surface area (TPSA) is 52.6 Å². The zero-order chi connectivity index (χ0) is 7.33. The molecule has 0 bridgehead atoms. The fourth-order valence-corrected chi connectivity index (χ4v) is 0.622. The van der Waals surface area contributed by atoms with E-state index in [0.717, 1.165) is 0 Å². The summed E-state index contributed by atoms with van der Waals surface area (Å²) in [5.74, 6) is -0.714. The maximum atomic E-state index is 10.0. The monoisotopic (exact) mass is 212 g/mol. The van der Waals surface area contributed by atoms with Gasteiger partial charge in [-0.1, -0.05) is 0 Å². The van der Waals surface area contributed by atoms with E-state index in [2.05, 4.69) is 19.9 Å². The van der Waals surface area contributed by atoms with E-state index >= 15 is 0 Å². The second-order valence-electron chi connectivity index (χ2n) is 0.906. The van der Waals surface area contributed by atoms with Gasteiger partial charge in [-0.3, -0.25) is 0 Å². The van der Waals surface area contributed by atoms with Crippen LogP contribution in [0.5, 0.6) is 0 Å². The van der Waals surface area contributed by atoms with Gasteiger partial charge in [0.1, 0.15) is 11.3 Å². The van der Waals surface area contributed by atoms with Crippen LogP contribution in [0.25, 0.3) is 0 Å². The highest BCUT2D eigenvalue weighted by molar-refractivity contribution is 8.17. The summed E-state index contributed by atoms with van der Waals surface area (Å²) in [6.45, 7) is 0. The predicted octanol–water partition coefficient (Wildman–Crippen LogP) is 1.26. The average Bonchev–Trinajstić information content (AvgIpc) is 1.63. The SMILES string of the molecule is O=S(=O)(Cl)COOSCl. The number of rotatable bonds is 4. The van der Waals surface area contributed by atoms with Gasteiger partial charge in [0.15, 0.2) is 5.94 Å². The first-order valence-corrected chi connectivity index (χ1v) is 5.60. The van der Waals surface area contributed by atoms with Crippen LogP contribution in [0.1, 0.15) is 0 Å². The smallest absolute Gasteiger partial charge is 0.210 e. The summed E-state index contributed by atoms with van der Waals surface area (Å²) in [6.07, 6.45) is 0. The summed E-state index contributed by atoms with van der Waals surface area (Å²) in [4.78, 5) is 3.96. The van der Waals surface area contributed by atoms with Crippen molar-refractivity contribution in [2.75, 3.05) is 5.94 Å². The average molecular weight is 213 g/mol. The quantitative estimate of drug-likeness (QED) is 0.231. The molecule has 0 aliphatic rings. The third-order valence-electron chi connectivity index (χ3n) is 0.263. The Bertz CT molecular complexity index is 152. The Morgan fingerprint density at radius 2 is 2.11 bits per heavy atom. The minimum atomic E-state index is -3.64. The van der Waals surface area contributed by atoms with Crippen LogP contribution in [0.4, 0.5) is 0 Å². The third-order valence-corrected chi connectivity index (χ3v) is 1.21. The Morgan fingerprint density at radius 1 is 1.56 bits per heavy atom. The Hall–Kier alpha value is 0.800. The van der Waals surface area contributed by atoms with E-state index < -0.39 is 15.0 Å². The van der Waals surface area contributed by atoms with Crippen molar-refractivity contribution in [3.8, 4) is 0 Å². The summed E-state index contributed by atoms with van der Waals surface area (Å²) in [6, 6.07) is 0. The van der Waals surface area contributed by atoms with Gasteiger partial charge >= 0.3 is 0 Å². The zero-order valence-corrected chi connectivity index (χ0v) is 7.06. The van der Waals surface area contributed by atoms with Crippen molar-refractivity contribution in [2.45, 2.75) is 0 Å². The number of hydrogen-bond acceptors (Lipinski definition) is 5. The highest BCUT2D eigenvalue weighted by atomic mass is 35.7. The normalized spacial score (nSPS) is 11.8. The highest BCUT2D eigenvalue weighted by Gasteiger charge is 2.04. The lowest BCUT2D eigenvalue weighted by Gasteiger charge is -1.92. The van der Waals surface area contributed by atoms with Gasteiger partial charge in [0, 0.05) is 10.7 Å². The van der Waals surface area contributed by atoms with Crippen molar-refractivity contribution in [2.24, 2.45) is 0 Å². The summed E-state index contributed by atoms with van der Waals surface area (Å²) < 4.78 is 24.0. The van der Waals surface area contributed by atoms with Gasteiger partial charge in [0.2, 0.25) is 0 Å². The first kappa shape index (κ1) is 9.80. The van der Waals surface area contributed by atoms with Gasteiger partial charge in [0.05, 0.1) is 0 Å². The lowest BCUT2D eigenvalue weighted by molar-refractivity contribution is -0.168. The van der Waals surface area contributed by atoms with Gasteiger partial charge in [-0.05, 0) is 10.7 Å². The molecule has 0 aliphatic heterocycles. The molecule has 0 unspecified atom stereocenters. The van der Waals surface area contributed by atoms with Crippen LogP contribution in [0, 0.1) is 0 Å². The molecule has 0 atom stereocenters. The molecule has 0 aromatic carbocycles. The molecule has 56 valence electrons. The van der Waals surface area contributed by atoms with Gasteiger partial charge < -0.3 is 0 Å². The first-order chi connectivity index (χ1) is 4.06. The zero-order valence-electron chi connectivity index (χ0n) is 3.91. The van der Waals surface area contributed by atoms with Crippen molar-refractivity contribution in [1.82, 2.24) is 0 Å². The minimum absolute atomic E-state index is 0.369. The van der Waals surface area contributed by atoms with Crippen LogP contribution >= 0.6 is 32.6 Å². The molecule has 9 heavy (non-hydrogen) atoms. The van der Waals surface area contributed by atoms with Crippen molar-refractivity contribution < 1.29 is 17.6 Å². The molecule has 0 fully saturated rings. The second kappa shape index (κ2) is 4.59. The molecular weight excluding hydrogens is 211 g/mol. The fraction of sp³-hybridized carbons (Fsp3) is 1.00. The maximum Gasteiger partial charge on any atom is 0.260 e. The summed E-state index contributed by atoms with van der Waals surface area (Å²) >= 11 is 0.369. The molecule has 8 heteroatoms. The van der Waals surface area contributed by atoms with Crippen LogP contribution in [0.15, 0.2) is 0 Å². The molecule has 0 aliphatic carbocycles. The predicted molar refractivity (Wildman–Crippen MR) is 35.3 cm³/mol. The second-order valence-corrected chi connectivity index (χ2v) is 4.27. The van der Waals surface area contributed by atoms with E-state index in [1.54, 1.807) is 0 Å². The molecule has 4 nitrogen and oxygen atoms in total. The molecule has 0 heterocycles. The van der Waals surface area contributed by atoms with Crippen LogP contribution in [0.3, 0.4) is 0 Å². The molecule has 0 spiro atoms. The molecular formula is CH2Cl2O4S2. The first-order valence-electron chi connectivity index (χ1n) is 1.55.